The fourth-order valence-corrected chi connectivity index (χ4v) is 2.87. The lowest BCUT2D eigenvalue weighted by Crippen LogP contribution is -2.36. The number of anilines is 1. The van der Waals surface area contributed by atoms with Gasteiger partial charge < -0.3 is 20.1 Å². The van der Waals surface area contributed by atoms with Gasteiger partial charge in [-0.2, -0.15) is 0 Å². The normalized spacial score (nSPS) is 14.2. The molecule has 130 valence electrons. The number of rotatable bonds is 5. The SMILES string of the molecule is NC(=O)OCc1ccc(-c2ccc(N3CCOCC3)c(C=O)c2)cc1. The molecule has 1 fully saturated rings. The highest BCUT2D eigenvalue weighted by molar-refractivity contribution is 5.87. The van der Waals surface area contributed by atoms with Crippen LogP contribution in [-0.2, 0) is 16.1 Å². The van der Waals surface area contributed by atoms with Crippen molar-refractivity contribution in [1.29, 1.82) is 0 Å². The van der Waals surface area contributed by atoms with E-state index in [1.807, 2.05) is 42.5 Å². The third kappa shape index (κ3) is 4.16. The smallest absolute Gasteiger partial charge is 0.404 e. The van der Waals surface area contributed by atoms with Gasteiger partial charge in [0, 0.05) is 24.3 Å². The van der Waals surface area contributed by atoms with Crippen LogP contribution >= 0.6 is 0 Å². The van der Waals surface area contributed by atoms with E-state index in [-0.39, 0.29) is 6.61 Å². The van der Waals surface area contributed by atoms with Crippen LogP contribution < -0.4 is 10.6 Å². The van der Waals surface area contributed by atoms with Crippen LogP contribution in [0.3, 0.4) is 0 Å². The van der Waals surface area contributed by atoms with Gasteiger partial charge in [-0.25, -0.2) is 4.79 Å². The maximum atomic E-state index is 11.5. The molecule has 2 N–H and O–H groups in total. The third-order valence-electron chi connectivity index (χ3n) is 4.17. The minimum Gasteiger partial charge on any atom is -0.445 e. The lowest BCUT2D eigenvalue weighted by atomic mass is 10.0. The molecule has 0 saturated carbocycles. The molecule has 0 radical (unpaired) electrons. The molecule has 0 aliphatic carbocycles. The van der Waals surface area contributed by atoms with Crippen LogP contribution in [0.2, 0.25) is 0 Å². The molecule has 0 atom stereocenters. The summed E-state index contributed by atoms with van der Waals surface area (Å²) in [6, 6.07) is 13.5. The van der Waals surface area contributed by atoms with Crippen molar-refractivity contribution in [2.24, 2.45) is 5.73 Å². The van der Waals surface area contributed by atoms with Crippen molar-refractivity contribution in [3.8, 4) is 11.1 Å². The molecule has 1 saturated heterocycles. The van der Waals surface area contributed by atoms with Crippen molar-refractivity contribution in [1.82, 2.24) is 0 Å². The number of carbonyl (C=O) groups is 2. The van der Waals surface area contributed by atoms with Gasteiger partial charge in [-0.15, -0.1) is 0 Å². The number of amides is 1. The van der Waals surface area contributed by atoms with Gasteiger partial charge >= 0.3 is 6.09 Å². The quantitative estimate of drug-likeness (QED) is 0.846. The van der Waals surface area contributed by atoms with Crippen LogP contribution in [0.1, 0.15) is 15.9 Å². The summed E-state index contributed by atoms with van der Waals surface area (Å²) in [5, 5.41) is 0. The van der Waals surface area contributed by atoms with E-state index in [1.54, 1.807) is 0 Å². The largest absolute Gasteiger partial charge is 0.445 e. The number of ether oxygens (including phenoxy) is 2. The van der Waals surface area contributed by atoms with E-state index in [1.165, 1.54) is 0 Å². The summed E-state index contributed by atoms with van der Waals surface area (Å²) in [5.41, 5.74) is 9.36. The van der Waals surface area contributed by atoms with Crippen molar-refractivity contribution in [3.05, 3.63) is 53.6 Å². The molecule has 0 aromatic heterocycles. The molecular weight excluding hydrogens is 320 g/mol. The van der Waals surface area contributed by atoms with E-state index in [9.17, 15) is 9.59 Å². The van der Waals surface area contributed by atoms with Gasteiger partial charge in [-0.1, -0.05) is 30.3 Å². The van der Waals surface area contributed by atoms with Crippen molar-refractivity contribution in [2.75, 3.05) is 31.2 Å². The minimum atomic E-state index is -0.793. The summed E-state index contributed by atoms with van der Waals surface area (Å²) < 4.78 is 10.1. The fraction of sp³-hybridized carbons (Fsp3) is 0.263. The van der Waals surface area contributed by atoms with E-state index >= 15 is 0 Å². The highest BCUT2D eigenvalue weighted by atomic mass is 16.5. The first-order chi connectivity index (χ1) is 12.2. The maximum Gasteiger partial charge on any atom is 0.404 e. The topological polar surface area (TPSA) is 81.9 Å². The molecular formula is C19H20N2O4. The van der Waals surface area contributed by atoms with Crippen LogP contribution in [0.25, 0.3) is 11.1 Å². The summed E-state index contributed by atoms with van der Waals surface area (Å²) in [4.78, 5) is 24.4. The average Bonchev–Trinajstić information content (AvgIpc) is 2.67. The molecule has 25 heavy (non-hydrogen) atoms. The van der Waals surface area contributed by atoms with Crippen LogP contribution in [0, 0.1) is 0 Å². The van der Waals surface area contributed by atoms with Crippen molar-refractivity contribution >= 4 is 18.1 Å². The van der Waals surface area contributed by atoms with Crippen molar-refractivity contribution < 1.29 is 19.1 Å². The number of primary amides is 1. The Morgan fingerprint density at radius 3 is 2.44 bits per heavy atom. The Morgan fingerprint density at radius 2 is 1.80 bits per heavy atom. The summed E-state index contributed by atoms with van der Waals surface area (Å²) in [7, 11) is 0. The zero-order valence-corrected chi connectivity index (χ0v) is 13.8. The molecule has 6 heteroatoms. The van der Waals surface area contributed by atoms with Gasteiger partial charge in [-0.05, 0) is 28.8 Å². The zero-order chi connectivity index (χ0) is 17.6. The number of morpholine rings is 1. The van der Waals surface area contributed by atoms with Gasteiger partial charge in [0.1, 0.15) is 6.61 Å². The Morgan fingerprint density at radius 1 is 1.12 bits per heavy atom. The predicted octanol–water partition coefficient (Wildman–Crippen LogP) is 2.60. The Hall–Kier alpha value is -2.86. The molecule has 0 spiro atoms. The molecule has 1 aliphatic rings. The van der Waals surface area contributed by atoms with Crippen LogP contribution in [0.15, 0.2) is 42.5 Å². The summed E-state index contributed by atoms with van der Waals surface area (Å²) >= 11 is 0. The Labute approximate surface area is 146 Å². The lowest BCUT2D eigenvalue weighted by Gasteiger charge is -2.30. The number of hydrogen-bond acceptors (Lipinski definition) is 5. The van der Waals surface area contributed by atoms with E-state index in [4.69, 9.17) is 15.2 Å². The molecule has 6 nitrogen and oxygen atoms in total. The van der Waals surface area contributed by atoms with Crippen molar-refractivity contribution in [2.45, 2.75) is 6.61 Å². The number of hydrogen-bond donors (Lipinski definition) is 1. The van der Waals surface area contributed by atoms with Gasteiger partial charge in [0.2, 0.25) is 0 Å². The maximum absolute atomic E-state index is 11.5. The highest BCUT2D eigenvalue weighted by Crippen LogP contribution is 2.27. The Kier molecular flexibility index (Phi) is 5.30. The number of aldehydes is 1. The summed E-state index contributed by atoms with van der Waals surface area (Å²) in [6.07, 6.45) is 0.0991. The molecule has 3 rings (SSSR count). The second-order valence-electron chi connectivity index (χ2n) is 5.80. The lowest BCUT2D eigenvalue weighted by molar-refractivity contribution is 0.111. The zero-order valence-electron chi connectivity index (χ0n) is 13.8. The molecule has 1 heterocycles. The average molecular weight is 340 g/mol. The minimum absolute atomic E-state index is 0.144. The number of benzene rings is 2. The van der Waals surface area contributed by atoms with E-state index in [0.29, 0.717) is 18.8 Å². The molecule has 2 aromatic carbocycles. The van der Waals surface area contributed by atoms with Crippen molar-refractivity contribution in [3.63, 3.8) is 0 Å². The molecule has 0 unspecified atom stereocenters. The van der Waals surface area contributed by atoms with Gasteiger partial charge in [0.15, 0.2) is 6.29 Å². The van der Waals surface area contributed by atoms with Crippen LogP contribution in [0.5, 0.6) is 0 Å². The predicted molar refractivity (Wildman–Crippen MR) is 94.7 cm³/mol. The molecule has 1 aliphatic heterocycles. The highest BCUT2D eigenvalue weighted by Gasteiger charge is 2.15. The molecule has 2 aromatic rings. The summed E-state index contributed by atoms with van der Waals surface area (Å²) in [6.45, 7) is 3.07. The standard InChI is InChI=1S/C19H20N2O4/c20-19(23)25-13-14-1-3-15(4-2-14)16-5-6-18(17(11-16)12-22)21-7-9-24-10-8-21/h1-6,11-12H,7-10,13H2,(H2,20,23). The van der Waals surface area contributed by atoms with Crippen LogP contribution in [0.4, 0.5) is 10.5 Å². The first kappa shape index (κ1) is 17.0. The third-order valence-corrected chi connectivity index (χ3v) is 4.17. The fourth-order valence-electron chi connectivity index (χ4n) is 2.87. The van der Waals surface area contributed by atoms with Gasteiger partial charge in [-0.3, -0.25) is 4.79 Å². The van der Waals surface area contributed by atoms with Gasteiger partial charge in [0.05, 0.1) is 13.2 Å². The first-order valence-electron chi connectivity index (χ1n) is 8.11. The number of carbonyl (C=O) groups excluding carboxylic acids is 2. The first-order valence-corrected chi connectivity index (χ1v) is 8.11. The second-order valence-corrected chi connectivity index (χ2v) is 5.80. The molecule has 1 amide bonds. The van der Waals surface area contributed by atoms with Gasteiger partial charge in [0.25, 0.3) is 0 Å². The number of nitrogens with two attached hydrogens (primary N) is 1. The number of nitrogens with zero attached hydrogens (tertiary/aromatic N) is 1. The Bertz CT molecular complexity index is 753. The monoisotopic (exact) mass is 340 g/mol. The van der Waals surface area contributed by atoms with E-state index < -0.39 is 6.09 Å². The van der Waals surface area contributed by atoms with E-state index in [2.05, 4.69) is 4.90 Å². The van der Waals surface area contributed by atoms with E-state index in [0.717, 1.165) is 41.8 Å². The van der Waals surface area contributed by atoms with Crippen LogP contribution in [-0.4, -0.2) is 38.7 Å². The summed E-state index contributed by atoms with van der Waals surface area (Å²) in [5.74, 6) is 0. The molecule has 0 bridgehead atoms. The Balaban J connectivity index is 1.80. The second kappa shape index (κ2) is 7.81.